The monoisotopic (exact) mass is 317 g/mol. The lowest BCUT2D eigenvalue weighted by Gasteiger charge is -2.21. The molecule has 1 rings (SSSR count). The number of rotatable bonds is 4. The molecule has 0 aromatic heterocycles. The van der Waals surface area contributed by atoms with Gasteiger partial charge in [0.15, 0.2) is 18.1 Å². The minimum atomic E-state index is -0.359. The molecular weight excluding hydrogens is 301 g/mol. The van der Waals surface area contributed by atoms with E-state index in [2.05, 4.69) is 5.32 Å². The topological polar surface area (TPSA) is 55.4 Å². The normalized spacial score (nSPS) is 11.1. The Hall–Kier alpha value is -1.26. The lowest BCUT2D eigenvalue weighted by Crippen LogP contribution is -2.43. The Balaban J connectivity index is 2.90. The summed E-state index contributed by atoms with van der Waals surface area (Å²) in [6, 6.07) is 3.04. The molecule has 0 aliphatic rings. The molecule has 1 aromatic carbocycles. The number of Topliss-reactive ketones (excluding diaryl/α,β-unsaturated/α-hetero) is 1. The number of hydrogen-bond acceptors (Lipinski definition) is 3. The Labute approximate surface area is 128 Å². The molecule has 0 aliphatic heterocycles. The van der Waals surface area contributed by atoms with Gasteiger partial charge in [0.25, 0.3) is 5.91 Å². The number of hydrogen-bond donors (Lipinski definition) is 1. The van der Waals surface area contributed by atoms with Gasteiger partial charge in [0, 0.05) is 5.54 Å². The van der Waals surface area contributed by atoms with Crippen LogP contribution < -0.4 is 10.1 Å². The summed E-state index contributed by atoms with van der Waals surface area (Å²) < 4.78 is 5.37. The highest BCUT2D eigenvalue weighted by Gasteiger charge is 2.18. The van der Waals surface area contributed by atoms with Crippen LogP contribution in [0, 0.1) is 0 Å². The molecule has 1 aromatic rings. The van der Waals surface area contributed by atoms with Crippen LogP contribution >= 0.6 is 23.2 Å². The molecule has 0 saturated carbocycles. The second-order valence-electron chi connectivity index (χ2n) is 5.38. The van der Waals surface area contributed by atoms with E-state index in [0.29, 0.717) is 5.56 Å². The van der Waals surface area contributed by atoms with E-state index in [1.165, 1.54) is 19.1 Å². The summed E-state index contributed by atoms with van der Waals surface area (Å²) in [5, 5.41) is 3.14. The van der Waals surface area contributed by atoms with Crippen LogP contribution in [0.15, 0.2) is 12.1 Å². The Morgan fingerprint density at radius 2 is 1.85 bits per heavy atom. The number of halogens is 2. The number of carbonyl (C=O) groups is 2. The van der Waals surface area contributed by atoms with Crippen molar-refractivity contribution in [1.29, 1.82) is 0 Å². The smallest absolute Gasteiger partial charge is 0.258 e. The summed E-state index contributed by atoms with van der Waals surface area (Å²) in [5.74, 6) is -0.381. The zero-order valence-corrected chi connectivity index (χ0v) is 13.4. The van der Waals surface area contributed by atoms with Crippen LogP contribution in [0.2, 0.25) is 10.0 Å². The molecule has 0 atom stereocenters. The second-order valence-corrected chi connectivity index (χ2v) is 6.17. The number of ketones is 1. The van der Waals surface area contributed by atoms with Gasteiger partial charge in [-0.15, -0.1) is 0 Å². The zero-order valence-electron chi connectivity index (χ0n) is 11.8. The van der Waals surface area contributed by atoms with Crippen LogP contribution in [-0.2, 0) is 4.79 Å². The van der Waals surface area contributed by atoms with Crippen LogP contribution in [0.5, 0.6) is 5.75 Å². The zero-order chi connectivity index (χ0) is 15.5. The molecule has 1 N–H and O–H groups in total. The van der Waals surface area contributed by atoms with Gasteiger partial charge >= 0.3 is 0 Å². The molecule has 6 heteroatoms. The Morgan fingerprint density at radius 1 is 1.25 bits per heavy atom. The van der Waals surface area contributed by atoms with Gasteiger partial charge in [0.05, 0.1) is 10.6 Å². The summed E-state index contributed by atoms with van der Waals surface area (Å²) in [6.07, 6.45) is 0. The molecule has 1 amide bonds. The van der Waals surface area contributed by atoms with Gasteiger partial charge in [-0.05, 0) is 39.8 Å². The van der Waals surface area contributed by atoms with Crippen LogP contribution in [0.3, 0.4) is 0 Å². The summed E-state index contributed by atoms with van der Waals surface area (Å²) in [7, 11) is 0. The highest BCUT2D eigenvalue weighted by molar-refractivity contribution is 6.43. The third-order valence-electron chi connectivity index (χ3n) is 2.29. The number of benzene rings is 1. The average Bonchev–Trinajstić information content (AvgIpc) is 2.28. The first-order valence-electron chi connectivity index (χ1n) is 6.04. The summed E-state index contributed by atoms with van der Waals surface area (Å²) in [5.41, 5.74) is -0.0647. The van der Waals surface area contributed by atoms with Crippen molar-refractivity contribution in [1.82, 2.24) is 5.32 Å². The van der Waals surface area contributed by atoms with Gasteiger partial charge in [-0.2, -0.15) is 0 Å². The van der Waals surface area contributed by atoms with E-state index < -0.39 is 0 Å². The third-order valence-corrected chi connectivity index (χ3v) is 3.08. The third kappa shape index (κ3) is 4.69. The largest absolute Gasteiger partial charge is 0.481 e. The number of nitrogens with one attached hydrogen (secondary N) is 1. The van der Waals surface area contributed by atoms with Gasteiger partial charge in [-0.25, -0.2) is 0 Å². The van der Waals surface area contributed by atoms with Gasteiger partial charge in [-0.3, -0.25) is 9.59 Å². The fourth-order valence-corrected chi connectivity index (χ4v) is 1.91. The first-order valence-corrected chi connectivity index (χ1v) is 6.80. The molecule has 0 aliphatic carbocycles. The Kier molecular flexibility index (Phi) is 5.42. The fraction of sp³-hybridized carbons (Fsp3) is 0.429. The lowest BCUT2D eigenvalue weighted by atomic mass is 10.1. The van der Waals surface area contributed by atoms with E-state index in [1.807, 2.05) is 20.8 Å². The molecule has 0 fully saturated rings. The van der Waals surface area contributed by atoms with Crippen molar-refractivity contribution in [2.24, 2.45) is 0 Å². The molecule has 0 heterocycles. The van der Waals surface area contributed by atoms with E-state index >= 15 is 0 Å². The van der Waals surface area contributed by atoms with E-state index in [4.69, 9.17) is 27.9 Å². The SMILES string of the molecule is CC(=O)c1ccc(Cl)c(Cl)c1OCC(=O)NC(C)(C)C. The van der Waals surface area contributed by atoms with Crippen molar-refractivity contribution in [3.63, 3.8) is 0 Å². The van der Waals surface area contributed by atoms with Crippen molar-refractivity contribution in [2.75, 3.05) is 6.61 Å². The highest BCUT2D eigenvalue weighted by Crippen LogP contribution is 2.35. The van der Waals surface area contributed by atoms with Crippen LogP contribution in [0.4, 0.5) is 0 Å². The van der Waals surface area contributed by atoms with Crippen molar-refractivity contribution in [3.05, 3.63) is 27.7 Å². The average molecular weight is 318 g/mol. The van der Waals surface area contributed by atoms with Crippen LogP contribution in [0.1, 0.15) is 38.1 Å². The Morgan fingerprint density at radius 3 is 2.35 bits per heavy atom. The fourth-order valence-electron chi connectivity index (χ4n) is 1.54. The first kappa shape index (κ1) is 16.8. The predicted octanol–water partition coefficient (Wildman–Crippen LogP) is 3.49. The number of amides is 1. The lowest BCUT2D eigenvalue weighted by molar-refractivity contribution is -0.124. The molecule has 0 radical (unpaired) electrons. The van der Waals surface area contributed by atoms with E-state index in [9.17, 15) is 9.59 Å². The van der Waals surface area contributed by atoms with Crippen molar-refractivity contribution >= 4 is 34.9 Å². The maximum absolute atomic E-state index is 11.7. The van der Waals surface area contributed by atoms with Crippen molar-refractivity contribution < 1.29 is 14.3 Å². The number of ether oxygens (including phenoxy) is 1. The van der Waals surface area contributed by atoms with Gasteiger partial charge in [0.2, 0.25) is 0 Å². The number of carbonyl (C=O) groups excluding carboxylic acids is 2. The standard InChI is InChI=1S/C14H17Cl2NO3/c1-8(18)9-5-6-10(15)12(16)13(9)20-7-11(19)17-14(2,3)4/h5-6H,7H2,1-4H3,(H,17,19). The minimum absolute atomic E-state index is 0.128. The predicted molar refractivity (Wildman–Crippen MR) is 79.9 cm³/mol. The maximum atomic E-state index is 11.7. The maximum Gasteiger partial charge on any atom is 0.258 e. The second kappa shape index (κ2) is 6.46. The summed E-state index contributed by atoms with van der Waals surface area (Å²) in [4.78, 5) is 23.2. The highest BCUT2D eigenvalue weighted by atomic mass is 35.5. The molecule has 110 valence electrons. The van der Waals surface area contributed by atoms with Gasteiger partial charge in [-0.1, -0.05) is 23.2 Å². The molecule has 0 bridgehead atoms. The minimum Gasteiger partial charge on any atom is -0.481 e. The Bertz CT molecular complexity index is 536. The van der Waals surface area contributed by atoms with Crippen molar-refractivity contribution in [3.8, 4) is 5.75 Å². The quantitative estimate of drug-likeness (QED) is 0.865. The summed E-state index contributed by atoms with van der Waals surface area (Å²) >= 11 is 11.9. The molecular formula is C14H17Cl2NO3. The van der Waals surface area contributed by atoms with E-state index in [0.717, 1.165) is 0 Å². The van der Waals surface area contributed by atoms with Crippen LogP contribution in [-0.4, -0.2) is 23.8 Å². The molecule has 0 saturated heterocycles. The van der Waals surface area contributed by atoms with E-state index in [1.54, 1.807) is 0 Å². The van der Waals surface area contributed by atoms with Crippen molar-refractivity contribution in [2.45, 2.75) is 33.2 Å². The first-order chi connectivity index (χ1) is 9.11. The van der Waals surface area contributed by atoms with Gasteiger partial charge in [0.1, 0.15) is 5.02 Å². The summed E-state index contributed by atoms with van der Waals surface area (Å²) in [6.45, 7) is 6.73. The molecule has 4 nitrogen and oxygen atoms in total. The molecule has 0 unspecified atom stereocenters. The van der Waals surface area contributed by atoms with E-state index in [-0.39, 0.29) is 39.6 Å². The molecule has 0 spiro atoms. The van der Waals surface area contributed by atoms with Crippen LogP contribution in [0.25, 0.3) is 0 Å². The molecule has 20 heavy (non-hydrogen) atoms. The van der Waals surface area contributed by atoms with Gasteiger partial charge < -0.3 is 10.1 Å².